The standard InChI is InChI=1S/C14H24N4O/c1-4-18-8-11(7-16-18)6-12-13(14(15)19)9(2)5-10(3)17-12/h7-10,12-13,17H,4-6H2,1-3H3,(H2,15,19). The van der Waals surface area contributed by atoms with Gasteiger partial charge in [0.05, 0.1) is 12.1 Å². The Morgan fingerprint density at radius 1 is 1.58 bits per heavy atom. The maximum Gasteiger partial charge on any atom is 0.222 e. The Labute approximate surface area is 114 Å². The number of hydrogen-bond acceptors (Lipinski definition) is 3. The number of aromatic nitrogens is 2. The highest BCUT2D eigenvalue weighted by atomic mass is 16.1. The van der Waals surface area contributed by atoms with Crippen LogP contribution in [0.3, 0.4) is 0 Å². The van der Waals surface area contributed by atoms with Gasteiger partial charge in [0, 0.05) is 24.8 Å². The molecule has 2 rings (SSSR count). The summed E-state index contributed by atoms with van der Waals surface area (Å²) in [5, 5.41) is 7.80. The summed E-state index contributed by atoms with van der Waals surface area (Å²) < 4.78 is 1.91. The minimum atomic E-state index is -0.195. The number of primary amides is 1. The molecule has 1 aromatic heterocycles. The summed E-state index contributed by atoms with van der Waals surface area (Å²) in [5.74, 6) is 0.0425. The second-order valence-electron chi connectivity index (χ2n) is 5.72. The third-order valence-electron chi connectivity index (χ3n) is 4.07. The fourth-order valence-corrected chi connectivity index (χ4v) is 3.24. The van der Waals surface area contributed by atoms with Crippen molar-refractivity contribution in [1.29, 1.82) is 0 Å². The van der Waals surface area contributed by atoms with Crippen molar-refractivity contribution in [2.75, 3.05) is 0 Å². The summed E-state index contributed by atoms with van der Waals surface area (Å²) in [4.78, 5) is 11.7. The molecule has 0 spiro atoms. The molecule has 19 heavy (non-hydrogen) atoms. The van der Waals surface area contributed by atoms with Crippen LogP contribution >= 0.6 is 0 Å². The van der Waals surface area contributed by atoms with Gasteiger partial charge in [-0.05, 0) is 38.2 Å². The van der Waals surface area contributed by atoms with E-state index >= 15 is 0 Å². The van der Waals surface area contributed by atoms with Crippen molar-refractivity contribution in [3.8, 4) is 0 Å². The van der Waals surface area contributed by atoms with E-state index in [9.17, 15) is 4.79 Å². The molecule has 1 aliphatic heterocycles. The summed E-state index contributed by atoms with van der Waals surface area (Å²) in [6, 6.07) is 0.544. The van der Waals surface area contributed by atoms with E-state index < -0.39 is 0 Å². The number of carbonyl (C=O) groups is 1. The summed E-state index contributed by atoms with van der Waals surface area (Å²) in [6.07, 6.45) is 5.73. The van der Waals surface area contributed by atoms with E-state index in [4.69, 9.17) is 5.73 Å². The van der Waals surface area contributed by atoms with Crippen LogP contribution in [0, 0.1) is 11.8 Å². The lowest BCUT2D eigenvalue weighted by Crippen LogP contribution is -2.55. The summed E-state index contributed by atoms with van der Waals surface area (Å²) in [5.41, 5.74) is 6.74. The second-order valence-corrected chi connectivity index (χ2v) is 5.72. The third-order valence-corrected chi connectivity index (χ3v) is 4.07. The van der Waals surface area contributed by atoms with Crippen LogP contribution in [0.5, 0.6) is 0 Å². The van der Waals surface area contributed by atoms with Crippen LogP contribution in [0.1, 0.15) is 32.8 Å². The lowest BCUT2D eigenvalue weighted by Gasteiger charge is -2.39. The first kappa shape index (κ1) is 14.1. The van der Waals surface area contributed by atoms with E-state index in [2.05, 4.69) is 31.2 Å². The molecular formula is C14H24N4O. The number of aryl methyl sites for hydroxylation is 1. The van der Waals surface area contributed by atoms with Crippen LogP contribution in [0.15, 0.2) is 12.4 Å². The lowest BCUT2D eigenvalue weighted by molar-refractivity contribution is -0.125. The zero-order valence-electron chi connectivity index (χ0n) is 12.0. The summed E-state index contributed by atoms with van der Waals surface area (Å²) in [6.45, 7) is 7.21. The maximum absolute atomic E-state index is 11.7. The van der Waals surface area contributed by atoms with Crippen molar-refractivity contribution >= 4 is 5.91 Å². The molecule has 0 radical (unpaired) electrons. The fourth-order valence-electron chi connectivity index (χ4n) is 3.24. The molecule has 0 aromatic carbocycles. The normalized spacial score (nSPS) is 31.3. The van der Waals surface area contributed by atoms with Crippen LogP contribution < -0.4 is 11.1 Å². The van der Waals surface area contributed by atoms with E-state index in [-0.39, 0.29) is 17.9 Å². The van der Waals surface area contributed by atoms with Crippen molar-refractivity contribution in [3.05, 3.63) is 18.0 Å². The van der Waals surface area contributed by atoms with Gasteiger partial charge in [-0.2, -0.15) is 5.10 Å². The largest absolute Gasteiger partial charge is 0.369 e. The number of amides is 1. The molecule has 0 bridgehead atoms. The van der Waals surface area contributed by atoms with E-state index in [0.29, 0.717) is 12.0 Å². The molecule has 4 atom stereocenters. The average molecular weight is 264 g/mol. The third kappa shape index (κ3) is 3.15. The SMILES string of the molecule is CCn1cc(CC2NC(C)CC(C)C2C(N)=O)cn1. The van der Waals surface area contributed by atoms with E-state index in [1.165, 1.54) is 0 Å². The van der Waals surface area contributed by atoms with Gasteiger partial charge in [0.15, 0.2) is 0 Å². The first-order chi connectivity index (χ1) is 9.01. The van der Waals surface area contributed by atoms with E-state index in [1.807, 2.05) is 17.1 Å². The Morgan fingerprint density at radius 2 is 2.32 bits per heavy atom. The molecule has 0 aliphatic carbocycles. The molecule has 5 heteroatoms. The lowest BCUT2D eigenvalue weighted by atomic mass is 9.77. The molecule has 1 amide bonds. The monoisotopic (exact) mass is 264 g/mol. The molecule has 1 aromatic rings. The second kappa shape index (κ2) is 5.74. The Kier molecular flexibility index (Phi) is 4.24. The number of nitrogens with one attached hydrogen (secondary N) is 1. The van der Waals surface area contributed by atoms with E-state index in [0.717, 1.165) is 24.9 Å². The molecule has 1 saturated heterocycles. The zero-order valence-corrected chi connectivity index (χ0v) is 12.0. The summed E-state index contributed by atoms with van der Waals surface area (Å²) >= 11 is 0. The van der Waals surface area contributed by atoms with Crippen molar-refractivity contribution < 1.29 is 4.79 Å². The van der Waals surface area contributed by atoms with E-state index in [1.54, 1.807) is 0 Å². The number of nitrogens with zero attached hydrogens (tertiary/aromatic N) is 2. The fraction of sp³-hybridized carbons (Fsp3) is 0.714. The summed E-state index contributed by atoms with van der Waals surface area (Å²) in [7, 11) is 0. The minimum absolute atomic E-state index is 0.0961. The van der Waals surface area contributed by atoms with Gasteiger partial charge >= 0.3 is 0 Å². The molecule has 2 heterocycles. The molecular weight excluding hydrogens is 240 g/mol. The molecule has 106 valence electrons. The van der Waals surface area contributed by atoms with Crippen molar-refractivity contribution in [1.82, 2.24) is 15.1 Å². The number of hydrogen-bond donors (Lipinski definition) is 2. The molecule has 4 unspecified atom stereocenters. The number of piperidine rings is 1. The van der Waals surface area contributed by atoms with Crippen LogP contribution in [-0.4, -0.2) is 27.8 Å². The van der Waals surface area contributed by atoms with Gasteiger partial charge in [-0.1, -0.05) is 6.92 Å². The van der Waals surface area contributed by atoms with Crippen molar-refractivity contribution in [2.45, 2.75) is 52.2 Å². The number of rotatable bonds is 4. The van der Waals surface area contributed by atoms with Crippen LogP contribution in [0.4, 0.5) is 0 Å². The molecule has 3 N–H and O–H groups in total. The predicted octanol–water partition coefficient (Wildman–Crippen LogP) is 0.933. The Bertz CT molecular complexity index is 442. The van der Waals surface area contributed by atoms with Gasteiger partial charge in [0.1, 0.15) is 0 Å². The van der Waals surface area contributed by atoms with Crippen molar-refractivity contribution in [2.24, 2.45) is 17.6 Å². The van der Waals surface area contributed by atoms with Crippen LogP contribution in [-0.2, 0) is 17.8 Å². The van der Waals surface area contributed by atoms with Gasteiger partial charge in [0.25, 0.3) is 0 Å². The quantitative estimate of drug-likeness (QED) is 0.850. The highest BCUT2D eigenvalue weighted by molar-refractivity contribution is 5.78. The molecule has 1 fully saturated rings. The first-order valence-electron chi connectivity index (χ1n) is 7.08. The van der Waals surface area contributed by atoms with Gasteiger partial charge in [-0.3, -0.25) is 9.48 Å². The highest BCUT2D eigenvalue weighted by Crippen LogP contribution is 2.28. The number of carbonyl (C=O) groups excluding carboxylic acids is 1. The molecule has 1 aliphatic rings. The van der Waals surface area contributed by atoms with Crippen LogP contribution in [0.2, 0.25) is 0 Å². The van der Waals surface area contributed by atoms with Gasteiger partial charge in [-0.15, -0.1) is 0 Å². The minimum Gasteiger partial charge on any atom is -0.369 e. The van der Waals surface area contributed by atoms with Crippen molar-refractivity contribution in [3.63, 3.8) is 0 Å². The smallest absolute Gasteiger partial charge is 0.222 e. The molecule has 0 saturated carbocycles. The van der Waals surface area contributed by atoms with Crippen LogP contribution in [0.25, 0.3) is 0 Å². The molecule has 5 nitrogen and oxygen atoms in total. The zero-order chi connectivity index (χ0) is 14.0. The Balaban J connectivity index is 2.12. The first-order valence-corrected chi connectivity index (χ1v) is 7.08. The van der Waals surface area contributed by atoms with Gasteiger partial charge in [0.2, 0.25) is 5.91 Å². The predicted molar refractivity (Wildman–Crippen MR) is 74.5 cm³/mol. The average Bonchev–Trinajstić information content (AvgIpc) is 2.75. The highest BCUT2D eigenvalue weighted by Gasteiger charge is 2.37. The topological polar surface area (TPSA) is 72.9 Å². The Hall–Kier alpha value is -1.36. The van der Waals surface area contributed by atoms with Gasteiger partial charge < -0.3 is 11.1 Å². The number of nitrogens with two attached hydrogens (primary N) is 1. The maximum atomic E-state index is 11.7. The Morgan fingerprint density at radius 3 is 2.89 bits per heavy atom. The van der Waals surface area contributed by atoms with Gasteiger partial charge in [-0.25, -0.2) is 0 Å².